The number of fused-ring (bicyclic) bond motifs is 1. The summed E-state index contributed by atoms with van der Waals surface area (Å²) >= 11 is 0. The van der Waals surface area contributed by atoms with E-state index in [0.29, 0.717) is 11.8 Å². The lowest BCUT2D eigenvalue weighted by molar-refractivity contribution is -0.190. The number of likely N-dealkylation sites (tertiary alicyclic amines) is 1. The van der Waals surface area contributed by atoms with Crippen LogP contribution in [0, 0.1) is 5.92 Å². The maximum atomic E-state index is 7.34. The second-order valence-corrected chi connectivity index (χ2v) is 10.2. The van der Waals surface area contributed by atoms with Crippen molar-refractivity contribution in [3.63, 3.8) is 0 Å². The van der Waals surface area contributed by atoms with Gasteiger partial charge in [-0.05, 0) is 73.3 Å². The van der Waals surface area contributed by atoms with Crippen LogP contribution in [0.3, 0.4) is 0 Å². The van der Waals surface area contributed by atoms with Crippen molar-refractivity contribution in [3.05, 3.63) is 88.7 Å². The molecule has 0 radical (unpaired) electrons. The highest BCUT2D eigenvalue weighted by Crippen LogP contribution is 2.58. The van der Waals surface area contributed by atoms with Gasteiger partial charge in [-0.1, -0.05) is 67.1 Å². The largest absolute Gasteiger partial charge is 0.472 e. The third kappa shape index (κ3) is 3.44. The lowest BCUT2D eigenvalue weighted by atomic mass is 9.64. The molecular formula is C30H35NO. The molecule has 2 aromatic carbocycles. The van der Waals surface area contributed by atoms with Gasteiger partial charge in [0.1, 0.15) is 5.76 Å². The Morgan fingerprint density at radius 2 is 1.56 bits per heavy atom. The molecule has 166 valence electrons. The number of ether oxygens (including phenoxy) is 1. The normalized spacial score (nSPS) is 31.8. The van der Waals surface area contributed by atoms with E-state index in [2.05, 4.69) is 71.6 Å². The lowest BCUT2D eigenvalue weighted by Crippen LogP contribution is -2.60. The molecule has 0 bridgehead atoms. The summed E-state index contributed by atoms with van der Waals surface area (Å²) in [5, 5.41) is 0. The van der Waals surface area contributed by atoms with Gasteiger partial charge in [-0.25, -0.2) is 0 Å². The summed E-state index contributed by atoms with van der Waals surface area (Å²) < 4.78 is 7.34. The summed E-state index contributed by atoms with van der Waals surface area (Å²) in [6, 6.07) is 22.2. The highest BCUT2D eigenvalue weighted by Gasteiger charge is 2.56. The molecule has 1 saturated heterocycles. The predicted molar refractivity (Wildman–Crippen MR) is 131 cm³/mol. The van der Waals surface area contributed by atoms with Crippen molar-refractivity contribution in [2.45, 2.75) is 69.4 Å². The van der Waals surface area contributed by atoms with E-state index in [4.69, 9.17) is 4.74 Å². The van der Waals surface area contributed by atoms with E-state index in [9.17, 15) is 0 Å². The van der Waals surface area contributed by atoms with E-state index < -0.39 is 0 Å². The minimum absolute atomic E-state index is 0.124. The molecule has 2 aliphatic heterocycles. The first-order valence-corrected chi connectivity index (χ1v) is 12.8. The van der Waals surface area contributed by atoms with Crippen molar-refractivity contribution >= 4 is 6.08 Å². The summed E-state index contributed by atoms with van der Waals surface area (Å²) in [6.07, 6.45) is 13.6. The molecule has 0 N–H and O–H groups in total. The van der Waals surface area contributed by atoms with Gasteiger partial charge in [0.05, 0.1) is 0 Å². The summed E-state index contributed by atoms with van der Waals surface area (Å²) in [5.74, 6) is 2.30. The molecule has 32 heavy (non-hydrogen) atoms. The van der Waals surface area contributed by atoms with Gasteiger partial charge in [0.25, 0.3) is 0 Å². The zero-order valence-electron chi connectivity index (χ0n) is 19.1. The van der Waals surface area contributed by atoms with Crippen LogP contribution in [0.25, 0.3) is 6.08 Å². The molecule has 0 unspecified atom stereocenters. The van der Waals surface area contributed by atoms with Gasteiger partial charge in [0.2, 0.25) is 0 Å². The lowest BCUT2D eigenvalue weighted by Gasteiger charge is -2.56. The quantitative estimate of drug-likeness (QED) is 0.511. The van der Waals surface area contributed by atoms with Gasteiger partial charge < -0.3 is 4.74 Å². The Hall–Kier alpha value is -2.32. The summed E-state index contributed by atoms with van der Waals surface area (Å²) in [5.41, 5.74) is 5.66. The minimum Gasteiger partial charge on any atom is -0.472 e. The molecule has 2 fully saturated rings. The van der Waals surface area contributed by atoms with Crippen LogP contribution in [0.15, 0.2) is 77.6 Å². The summed E-state index contributed by atoms with van der Waals surface area (Å²) in [6.45, 7) is 2.39. The van der Waals surface area contributed by atoms with Crippen LogP contribution in [-0.4, -0.2) is 23.7 Å². The zero-order valence-corrected chi connectivity index (χ0v) is 19.1. The first-order valence-electron chi connectivity index (χ1n) is 12.8. The van der Waals surface area contributed by atoms with E-state index in [-0.39, 0.29) is 5.72 Å². The Morgan fingerprint density at radius 3 is 2.34 bits per heavy atom. The molecule has 6 rings (SSSR count). The molecule has 2 nitrogen and oxygen atoms in total. The second-order valence-electron chi connectivity index (χ2n) is 10.2. The van der Waals surface area contributed by atoms with Crippen molar-refractivity contribution in [2.75, 3.05) is 13.1 Å². The molecule has 3 atom stereocenters. The average molecular weight is 426 g/mol. The Kier molecular flexibility index (Phi) is 5.43. The average Bonchev–Trinajstić information content (AvgIpc) is 3.40. The van der Waals surface area contributed by atoms with Gasteiger partial charge in [-0.2, -0.15) is 0 Å². The van der Waals surface area contributed by atoms with Crippen LogP contribution in [-0.2, 0) is 4.74 Å². The van der Waals surface area contributed by atoms with Gasteiger partial charge in [0.15, 0.2) is 5.72 Å². The third-order valence-corrected chi connectivity index (χ3v) is 8.35. The van der Waals surface area contributed by atoms with Crippen LogP contribution in [0.1, 0.15) is 74.8 Å². The van der Waals surface area contributed by atoms with Crippen LogP contribution < -0.4 is 0 Å². The maximum absolute atomic E-state index is 7.34. The van der Waals surface area contributed by atoms with Crippen molar-refractivity contribution in [3.8, 4) is 0 Å². The highest BCUT2D eigenvalue weighted by atomic mass is 16.5. The third-order valence-electron chi connectivity index (χ3n) is 8.35. The Balaban J connectivity index is 1.52. The summed E-state index contributed by atoms with van der Waals surface area (Å²) in [4.78, 5) is 2.74. The van der Waals surface area contributed by atoms with E-state index in [0.717, 1.165) is 6.42 Å². The van der Waals surface area contributed by atoms with Crippen LogP contribution in [0.4, 0.5) is 0 Å². The molecule has 0 aromatic heterocycles. The molecule has 2 aliphatic carbocycles. The molecular weight excluding hydrogens is 390 g/mol. The fourth-order valence-corrected chi connectivity index (χ4v) is 6.99. The van der Waals surface area contributed by atoms with Crippen LogP contribution in [0.5, 0.6) is 0 Å². The Labute approximate surface area is 193 Å². The van der Waals surface area contributed by atoms with E-state index in [1.807, 2.05) is 0 Å². The summed E-state index contributed by atoms with van der Waals surface area (Å²) in [7, 11) is 0. The number of nitrogens with zero attached hydrogens (tertiary/aromatic N) is 1. The SMILES string of the molecule is C(=C1/CCCC2=C1O[C@]1(N3CCCC3)CCCC[C@H]1[C@H]2c1ccccc1)/c1ccccc1. The van der Waals surface area contributed by atoms with E-state index in [1.165, 1.54) is 86.9 Å². The standard InChI is InChI=1S/C30H35NO/c1-3-12-23(13-4-1)22-25-16-11-17-26-28(24-14-5-2-6-15-24)27-18-7-8-19-30(27,32-29(25)26)31-20-9-10-21-31/h1-6,12-15,22,27-28H,7-11,16-21H2/b25-22+/t27-,28-,30+/m0/s1. The van der Waals surface area contributed by atoms with Gasteiger partial charge >= 0.3 is 0 Å². The highest BCUT2D eigenvalue weighted by molar-refractivity contribution is 5.60. The number of rotatable bonds is 3. The monoisotopic (exact) mass is 425 g/mol. The van der Waals surface area contributed by atoms with Gasteiger partial charge in [-0.15, -0.1) is 0 Å². The van der Waals surface area contributed by atoms with Crippen molar-refractivity contribution in [1.29, 1.82) is 0 Å². The van der Waals surface area contributed by atoms with Gasteiger partial charge in [-0.3, -0.25) is 4.90 Å². The maximum Gasteiger partial charge on any atom is 0.167 e. The molecule has 1 saturated carbocycles. The number of allylic oxidation sites excluding steroid dienone is 2. The van der Waals surface area contributed by atoms with Crippen molar-refractivity contribution in [2.24, 2.45) is 5.92 Å². The van der Waals surface area contributed by atoms with E-state index >= 15 is 0 Å². The molecule has 2 heteroatoms. The van der Waals surface area contributed by atoms with E-state index in [1.54, 1.807) is 5.57 Å². The zero-order chi connectivity index (χ0) is 21.4. The topological polar surface area (TPSA) is 12.5 Å². The number of hydrogen-bond donors (Lipinski definition) is 0. The fourth-order valence-electron chi connectivity index (χ4n) is 6.99. The smallest absolute Gasteiger partial charge is 0.167 e. The molecule has 2 heterocycles. The predicted octanol–water partition coefficient (Wildman–Crippen LogP) is 7.30. The van der Waals surface area contributed by atoms with Crippen molar-refractivity contribution < 1.29 is 4.74 Å². The van der Waals surface area contributed by atoms with Crippen molar-refractivity contribution in [1.82, 2.24) is 4.90 Å². The second kappa shape index (κ2) is 8.56. The molecule has 4 aliphatic rings. The Bertz CT molecular complexity index is 1000. The van der Waals surface area contributed by atoms with Crippen LogP contribution in [0.2, 0.25) is 0 Å². The van der Waals surface area contributed by atoms with Crippen LogP contribution >= 0.6 is 0 Å². The molecule has 2 aromatic rings. The number of hydrogen-bond acceptors (Lipinski definition) is 2. The first-order chi connectivity index (χ1) is 15.9. The molecule has 0 spiro atoms. The molecule has 0 amide bonds. The number of benzene rings is 2. The van der Waals surface area contributed by atoms with Gasteiger partial charge in [0, 0.05) is 31.3 Å². The first kappa shape index (κ1) is 20.3. The minimum atomic E-state index is -0.124. The fraction of sp³-hybridized carbons (Fsp3) is 0.467. The Morgan fingerprint density at radius 1 is 0.812 bits per heavy atom.